The molecule has 0 spiro atoms. The van der Waals surface area contributed by atoms with Crippen molar-refractivity contribution in [2.45, 2.75) is 89.8 Å². The van der Waals surface area contributed by atoms with Gasteiger partial charge in [0.2, 0.25) is 6.17 Å². The lowest BCUT2D eigenvalue weighted by molar-refractivity contribution is -0.120. The molecule has 0 unspecified atom stereocenters. The van der Waals surface area contributed by atoms with Crippen LogP contribution in [0, 0.1) is 5.92 Å². The van der Waals surface area contributed by atoms with E-state index in [1.54, 1.807) is 0 Å². The van der Waals surface area contributed by atoms with Crippen molar-refractivity contribution in [2.75, 3.05) is 47.8 Å². The highest BCUT2D eigenvalue weighted by Gasteiger charge is 2.35. The van der Waals surface area contributed by atoms with Gasteiger partial charge < -0.3 is 25.3 Å². The number of hydrogen-bond donors (Lipinski definition) is 2. The molecule has 8 heteroatoms. The van der Waals surface area contributed by atoms with Crippen molar-refractivity contribution >= 4 is 34.7 Å². The molecular formula is C35H48N6O2. The summed E-state index contributed by atoms with van der Waals surface area (Å²) < 4.78 is 0. The van der Waals surface area contributed by atoms with E-state index in [0.29, 0.717) is 18.2 Å². The molecule has 1 atom stereocenters. The molecule has 6 rings (SSSR count). The fourth-order valence-corrected chi connectivity index (χ4v) is 7.53. The molecular weight excluding hydrogens is 536 g/mol. The fourth-order valence-electron chi connectivity index (χ4n) is 7.53. The van der Waals surface area contributed by atoms with Gasteiger partial charge in [-0.2, -0.15) is 0 Å². The lowest BCUT2D eigenvalue weighted by atomic mass is 9.83. The number of aliphatic imine (C=N–C) groups is 1. The quantitative estimate of drug-likeness (QED) is 0.394. The zero-order valence-corrected chi connectivity index (χ0v) is 25.8. The number of piperidine rings is 2. The van der Waals surface area contributed by atoms with Crippen molar-refractivity contribution in [1.29, 1.82) is 0 Å². The summed E-state index contributed by atoms with van der Waals surface area (Å²) in [4.78, 5) is 39.0. The normalized spacial score (nSPS) is 22.5. The van der Waals surface area contributed by atoms with Crippen LogP contribution in [0.2, 0.25) is 0 Å². The first kappa shape index (κ1) is 29.7. The van der Waals surface area contributed by atoms with Gasteiger partial charge in [-0.25, -0.2) is 4.79 Å². The summed E-state index contributed by atoms with van der Waals surface area (Å²) in [6.07, 6.45) is 12.1. The van der Waals surface area contributed by atoms with Gasteiger partial charge in [-0.05, 0) is 88.4 Å². The van der Waals surface area contributed by atoms with Crippen LogP contribution in [0.15, 0.2) is 53.5 Å². The van der Waals surface area contributed by atoms with Gasteiger partial charge in [-0.3, -0.25) is 9.79 Å². The Morgan fingerprint density at radius 3 is 2.28 bits per heavy atom. The van der Waals surface area contributed by atoms with E-state index < -0.39 is 12.2 Å². The largest absolute Gasteiger partial charge is 0.371 e. The molecule has 2 saturated heterocycles. The minimum atomic E-state index is -0.962. The number of amides is 3. The van der Waals surface area contributed by atoms with Crippen LogP contribution in [0.3, 0.4) is 0 Å². The average Bonchev–Trinajstić information content (AvgIpc) is 3.17. The Kier molecular flexibility index (Phi) is 9.61. The first-order valence-corrected chi connectivity index (χ1v) is 16.8. The van der Waals surface area contributed by atoms with Crippen LogP contribution in [0.4, 0.5) is 21.9 Å². The predicted octanol–water partition coefficient (Wildman–Crippen LogP) is 6.42. The van der Waals surface area contributed by atoms with Crippen molar-refractivity contribution in [3.05, 3.63) is 54.1 Å². The van der Waals surface area contributed by atoms with Crippen molar-refractivity contribution < 1.29 is 9.59 Å². The van der Waals surface area contributed by atoms with E-state index in [4.69, 9.17) is 4.99 Å². The number of urea groups is 1. The van der Waals surface area contributed by atoms with Crippen LogP contribution >= 0.6 is 0 Å². The Morgan fingerprint density at radius 1 is 0.860 bits per heavy atom. The van der Waals surface area contributed by atoms with Gasteiger partial charge in [0, 0.05) is 48.5 Å². The molecule has 2 aromatic carbocycles. The smallest absolute Gasteiger partial charge is 0.321 e. The number of rotatable bonds is 7. The maximum Gasteiger partial charge on any atom is 0.321 e. The molecule has 0 radical (unpaired) electrons. The summed E-state index contributed by atoms with van der Waals surface area (Å²) >= 11 is 0. The Labute approximate surface area is 256 Å². The van der Waals surface area contributed by atoms with Gasteiger partial charge >= 0.3 is 6.03 Å². The molecule has 8 nitrogen and oxygen atoms in total. The van der Waals surface area contributed by atoms with E-state index in [1.165, 1.54) is 70.1 Å². The number of carbonyl (C=O) groups is 2. The van der Waals surface area contributed by atoms with Crippen molar-refractivity contribution in [3.63, 3.8) is 0 Å². The summed E-state index contributed by atoms with van der Waals surface area (Å²) in [6.45, 7) is 7.30. The molecule has 3 amide bonds. The SMILES string of the molecule is CCCN1C(=O)[C@H](NC(=O)Nc2ccc(N3CCC(N4CCCCC4)CC3)cc2)N=C(C2CCCCC2)c2ccccc21. The zero-order chi connectivity index (χ0) is 29.6. The van der Waals surface area contributed by atoms with Crippen LogP contribution in [0.5, 0.6) is 0 Å². The molecule has 2 N–H and O–H groups in total. The van der Waals surface area contributed by atoms with Crippen LogP contribution in [-0.4, -0.2) is 67.5 Å². The second-order valence-electron chi connectivity index (χ2n) is 12.7. The Morgan fingerprint density at radius 2 is 1.56 bits per heavy atom. The highest BCUT2D eigenvalue weighted by Crippen LogP contribution is 2.34. The summed E-state index contributed by atoms with van der Waals surface area (Å²) in [6, 6.07) is 16.5. The third-order valence-corrected chi connectivity index (χ3v) is 9.81. The number of nitrogens with one attached hydrogen (secondary N) is 2. The van der Waals surface area contributed by atoms with E-state index in [9.17, 15) is 9.59 Å². The van der Waals surface area contributed by atoms with Gasteiger partial charge in [-0.15, -0.1) is 0 Å². The molecule has 230 valence electrons. The number of nitrogens with zero attached hydrogens (tertiary/aromatic N) is 4. The van der Waals surface area contributed by atoms with Crippen LogP contribution in [0.1, 0.15) is 83.1 Å². The van der Waals surface area contributed by atoms with E-state index in [1.807, 2.05) is 35.2 Å². The lowest BCUT2D eigenvalue weighted by Gasteiger charge is -2.41. The fraction of sp³-hybridized carbons (Fsp3) is 0.571. The molecule has 1 aliphatic carbocycles. The monoisotopic (exact) mass is 584 g/mol. The van der Waals surface area contributed by atoms with Crippen molar-refractivity contribution in [2.24, 2.45) is 10.9 Å². The maximum atomic E-state index is 13.8. The van der Waals surface area contributed by atoms with Gasteiger partial charge in [0.15, 0.2) is 0 Å². The maximum absolute atomic E-state index is 13.8. The second-order valence-corrected chi connectivity index (χ2v) is 12.7. The van der Waals surface area contributed by atoms with Crippen molar-refractivity contribution in [1.82, 2.24) is 10.2 Å². The highest BCUT2D eigenvalue weighted by molar-refractivity contribution is 6.14. The van der Waals surface area contributed by atoms with Gasteiger partial charge in [0.25, 0.3) is 5.91 Å². The third kappa shape index (κ3) is 6.90. The zero-order valence-electron chi connectivity index (χ0n) is 25.8. The Bertz CT molecular complexity index is 1270. The van der Waals surface area contributed by atoms with Crippen LogP contribution < -0.4 is 20.4 Å². The minimum absolute atomic E-state index is 0.182. The topological polar surface area (TPSA) is 80.3 Å². The van der Waals surface area contributed by atoms with Gasteiger partial charge in [0.1, 0.15) is 0 Å². The first-order chi connectivity index (χ1) is 21.1. The number of benzodiazepines with no additional fused rings is 1. The minimum Gasteiger partial charge on any atom is -0.371 e. The summed E-state index contributed by atoms with van der Waals surface area (Å²) in [5.74, 6) is 0.118. The number of carbonyl (C=O) groups excluding carboxylic acids is 2. The Balaban J connectivity index is 1.12. The standard InChI is InChI=1S/C35H48N6O2/c1-2-21-41-31-14-8-7-13-30(31)32(26-11-5-3-6-12-26)37-33(34(41)42)38-35(43)36-27-15-17-28(18-16-27)40-24-19-29(20-25-40)39-22-9-4-10-23-39/h7-8,13-18,26,29,33H,2-6,9-12,19-25H2,1H3,(H2,36,38,43)/t33-/m0/s1. The number of para-hydroxylation sites is 1. The molecule has 1 saturated carbocycles. The summed E-state index contributed by atoms with van der Waals surface area (Å²) in [7, 11) is 0. The summed E-state index contributed by atoms with van der Waals surface area (Å²) in [5, 5.41) is 5.88. The number of likely N-dealkylation sites (tertiary alicyclic amines) is 1. The molecule has 4 aliphatic rings. The van der Waals surface area contributed by atoms with E-state index >= 15 is 0 Å². The Hall–Kier alpha value is -3.39. The van der Waals surface area contributed by atoms with E-state index in [2.05, 4.69) is 45.6 Å². The molecule has 2 aromatic rings. The first-order valence-electron chi connectivity index (χ1n) is 16.8. The molecule has 43 heavy (non-hydrogen) atoms. The number of hydrogen-bond acceptors (Lipinski definition) is 5. The number of benzene rings is 2. The van der Waals surface area contributed by atoms with E-state index in [-0.39, 0.29) is 5.91 Å². The van der Waals surface area contributed by atoms with Crippen LogP contribution in [0.25, 0.3) is 0 Å². The molecule has 0 bridgehead atoms. The molecule has 3 heterocycles. The van der Waals surface area contributed by atoms with E-state index in [0.717, 1.165) is 55.4 Å². The number of fused-ring (bicyclic) bond motifs is 1. The highest BCUT2D eigenvalue weighted by atomic mass is 16.2. The molecule has 3 fully saturated rings. The molecule has 3 aliphatic heterocycles. The third-order valence-electron chi connectivity index (χ3n) is 9.81. The second kappa shape index (κ2) is 13.9. The molecule has 0 aromatic heterocycles. The summed E-state index contributed by atoms with van der Waals surface area (Å²) in [5.41, 5.74) is 4.78. The van der Waals surface area contributed by atoms with Crippen molar-refractivity contribution in [3.8, 4) is 0 Å². The predicted molar refractivity (Wildman–Crippen MR) is 175 cm³/mol. The number of anilines is 3. The lowest BCUT2D eigenvalue weighted by Crippen LogP contribution is -2.49. The van der Waals surface area contributed by atoms with Crippen LogP contribution in [-0.2, 0) is 4.79 Å². The average molecular weight is 585 g/mol. The van der Waals surface area contributed by atoms with Gasteiger partial charge in [-0.1, -0.05) is 50.8 Å². The van der Waals surface area contributed by atoms with Gasteiger partial charge in [0.05, 0.1) is 11.4 Å².